The Morgan fingerprint density at radius 2 is 1.12 bits per heavy atom. The highest BCUT2D eigenvalue weighted by molar-refractivity contribution is 8.67. The molecule has 0 rings (SSSR count). The van der Waals surface area contributed by atoms with Crippen LogP contribution in [-0.2, 0) is 17.7 Å². The molecule has 0 unspecified atom stereocenters. The third-order valence-electron chi connectivity index (χ3n) is 2.03. The zero-order valence-corrected chi connectivity index (χ0v) is 10.6. The molecular weight excluding hydrogens is 256 g/mol. The van der Waals surface area contributed by atoms with E-state index in [0.29, 0.717) is 19.3 Å². The van der Waals surface area contributed by atoms with Crippen molar-refractivity contribution in [1.29, 1.82) is 0 Å². The fourth-order valence-corrected chi connectivity index (χ4v) is 4.50. The molecule has 0 saturated heterocycles. The summed E-state index contributed by atoms with van der Waals surface area (Å²) in [5.74, 6) is -1.16. The second kappa shape index (κ2) is 7.21. The first kappa shape index (κ1) is 15.8. The van der Waals surface area contributed by atoms with Gasteiger partial charge in [-0.1, -0.05) is 12.8 Å². The number of aliphatic hydroxyl groups is 2. The number of hydrogen-bond donors (Lipinski definition) is 2. The van der Waals surface area contributed by atoms with Gasteiger partial charge in [-0.15, -0.1) is 0 Å². The van der Waals surface area contributed by atoms with Crippen LogP contribution in [0, 0.1) is 0 Å². The molecule has 6 nitrogen and oxygen atoms in total. The lowest BCUT2D eigenvalue weighted by Gasteiger charge is -2.04. The molecule has 16 heavy (non-hydrogen) atoms. The average Bonchev–Trinajstić information content (AvgIpc) is 2.17. The maximum Gasteiger partial charge on any atom is 0.255 e. The first-order chi connectivity index (χ1) is 7.37. The summed E-state index contributed by atoms with van der Waals surface area (Å²) in [6.07, 6.45) is 2.08. The largest absolute Gasteiger partial charge is 0.396 e. The molecule has 0 aliphatic heterocycles. The molecule has 98 valence electrons. The van der Waals surface area contributed by atoms with E-state index >= 15 is 0 Å². The summed E-state index contributed by atoms with van der Waals surface area (Å²) in [7, 11) is -8.39. The molecule has 0 atom stereocenters. The van der Waals surface area contributed by atoms with Crippen molar-refractivity contribution in [3.8, 4) is 0 Å². The minimum absolute atomic E-state index is 0.0512. The van der Waals surface area contributed by atoms with Gasteiger partial charge in [-0.2, -0.15) is 0 Å². The van der Waals surface area contributed by atoms with Crippen LogP contribution >= 0.6 is 0 Å². The summed E-state index contributed by atoms with van der Waals surface area (Å²) in [6, 6.07) is 0. The Morgan fingerprint density at radius 3 is 1.62 bits per heavy atom. The van der Waals surface area contributed by atoms with E-state index in [4.69, 9.17) is 10.2 Å². The van der Waals surface area contributed by atoms with Gasteiger partial charge in [0.15, 0.2) is 0 Å². The van der Waals surface area contributed by atoms with E-state index in [2.05, 4.69) is 0 Å². The monoisotopic (exact) mass is 274 g/mol. The van der Waals surface area contributed by atoms with E-state index in [1.165, 1.54) is 0 Å². The topological polar surface area (TPSA) is 109 Å². The van der Waals surface area contributed by atoms with E-state index in [9.17, 15) is 16.8 Å². The molecular formula is C8H18O6S2. The lowest BCUT2D eigenvalue weighted by Crippen LogP contribution is -2.23. The Labute approximate surface area is 95.5 Å². The molecule has 0 aromatic heterocycles. The third-order valence-corrected chi connectivity index (χ3v) is 7.60. The van der Waals surface area contributed by atoms with Crippen molar-refractivity contribution in [2.24, 2.45) is 0 Å². The van der Waals surface area contributed by atoms with Crippen LogP contribution in [0.4, 0.5) is 0 Å². The third kappa shape index (κ3) is 5.24. The van der Waals surface area contributed by atoms with Gasteiger partial charge in [0.05, 0.1) is 18.1 Å². The fraction of sp³-hybridized carbons (Fsp3) is 1.00. The molecule has 0 fully saturated rings. The predicted molar refractivity (Wildman–Crippen MR) is 60.2 cm³/mol. The fourth-order valence-electron chi connectivity index (χ4n) is 1.11. The standard InChI is InChI=1S/C8H18O6S2/c9-5-3-1-2-4-7-15(11,12)16(13,14)8-6-10/h9-10H,1-8H2. The summed E-state index contributed by atoms with van der Waals surface area (Å²) in [4.78, 5) is 0. The summed E-state index contributed by atoms with van der Waals surface area (Å²) in [5, 5.41) is 16.9. The van der Waals surface area contributed by atoms with Gasteiger partial charge in [0.2, 0.25) is 0 Å². The van der Waals surface area contributed by atoms with Crippen molar-refractivity contribution in [1.82, 2.24) is 0 Å². The van der Waals surface area contributed by atoms with Crippen molar-refractivity contribution in [2.45, 2.75) is 25.7 Å². The quantitative estimate of drug-likeness (QED) is 0.424. The number of rotatable bonds is 9. The SMILES string of the molecule is O=S(=O)(CCO)S(=O)(=O)CCCCCCO. The number of aliphatic hydroxyl groups excluding tert-OH is 2. The van der Waals surface area contributed by atoms with E-state index in [-0.39, 0.29) is 13.0 Å². The Morgan fingerprint density at radius 1 is 0.625 bits per heavy atom. The first-order valence-electron chi connectivity index (χ1n) is 5.04. The molecule has 0 aliphatic carbocycles. The van der Waals surface area contributed by atoms with E-state index in [1.807, 2.05) is 0 Å². The summed E-state index contributed by atoms with van der Waals surface area (Å²) in [6.45, 7) is -0.637. The van der Waals surface area contributed by atoms with Crippen molar-refractivity contribution in [2.75, 3.05) is 24.7 Å². The van der Waals surface area contributed by atoms with Gasteiger partial charge in [0.25, 0.3) is 17.7 Å². The lowest BCUT2D eigenvalue weighted by atomic mass is 10.2. The lowest BCUT2D eigenvalue weighted by molar-refractivity contribution is 0.283. The minimum atomic E-state index is -4.23. The Kier molecular flexibility index (Phi) is 7.12. The highest BCUT2D eigenvalue weighted by atomic mass is 33.2. The van der Waals surface area contributed by atoms with Gasteiger partial charge >= 0.3 is 0 Å². The van der Waals surface area contributed by atoms with Crippen molar-refractivity contribution in [3.05, 3.63) is 0 Å². The molecule has 0 amide bonds. The van der Waals surface area contributed by atoms with Crippen LogP contribution in [-0.4, -0.2) is 51.8 Å². The Balaban J connectivity index is 4.16. The van der Waals surface area contributed by atoms with E-state index < -0.39 is 35.9 Å². The number of unbranched alkanes of at least 4 members (excludes halogenated alkanes) is 3. The molecule has 0 aliphatic rings. The van der Waals surface area contributed by atoms with Gasteiger partial charge in [-0.05, 0) is 12.8 Å². The zero-order chi connectivity index (χ0) is 12.7. The van der Waals surface area contributed by atoms with E-state index in [0.717, 1.165) is 0 Å². The van der Waals surface area contributed by atoms with Crippen LogP contribution in [0.15, 0.2) is 0 Å². The predicted octanol–water partition coefficient (Wildman–Crippen LogP) is -0.724. The Bertz CT molecular complexity index is 369. The highest BCUT2D eigenvalue weighted by Gasteiger charge is 2.28. The molecule has 0 saturated carbocycles. The molecule has 0 radical (unpaired) electrons. The van der Waals surface area contributed by atoms with Gasteiger partial charge in [0, 0.05) is 6.61 Å². The molecule has 2 N–H and O–H groups in total. The summed E-state index contributed by atoms with van der Waals surface area (Å²) in [5.41, 5.74) is 0. The van der Waals surface area contributed by atoms with Gasteiger partial charge in [-0.25, -0.2) is 16.8 Å². The number of hydrogen-bond acceptors (Lipinski definition) is 6. The maximum absolute atomic E-state index is 11.3. The van der Waals surface area contributed by atoms with Crippen molar-refractivity contribution < 1.29 is 27.0 Å². The molecule has 8 heteroatoms. The second-order valence-electron chi connectivity index (χ2n) is 3.39. The van der Waals surface area contributed by atoms with Crippen LogP contribution < -0.4 is 0 Å². The minimum Gasteiger partial charge on any atom is -0.396 e. The second-order valence-corrected chi connectivity index (χ2v) is 9.48. The van der Waals surface area contributed by atoms with Crippen LogP contribution in [0.2, 0.25) is 0 Å². The highest BCUT2D eigenvalue weighted by Crippen LogP contribution is 2.09. The molecule has 0 aromatic rings. The summed E-state index contributed by atoms with van der Waals surface area (Å²) < 4.78 is 45.0. The van der Waals surface area contributed by atoms with Crippen LogP contribution in [0.25, 0.3) is 0 Å². The molecule has 0 aromatic carbocycles. The Hall–Kier alpha value is -0.180. The van der Waals surface area contributed by atoms with Crippen LogP contribution in [0.5, 0.6) is 0 Å². The van der Waals surface area contributed by atoms with Crippen LogP contribution in [0.1, 0.15) is 25.7 Å². The zero-order valence-electron chi connectivity index (χ0n) is 9.00. The smallest absolute Gasteiger partial charge is 0.255 e. The van der Waals surface area contributed by atoms with Crippen LogP contribution in [0.3, 0.4) is 0 Å². The van der Waals surface area contributed by atoms with Gasteiger partial charge < -0.3 is 10.2 Å². The summed E-state index contributed by atoms with van der Waals surface area (Å²) >= 11 is 0. The van der Waals surface area contributed by atoms with Crippen molar-refractivity contribution >= 4 is 17.7 Å². The average molecular weight is 274 g/mol. The van der Waals surface area contributed by atoms with Crippen molar-refractivity contribution in [3.63, 3.8) is 0 Å². The normalized spacial score (nSPS) is 12.9. The van der Waals surface area contributed by atoms with Gasteiger partial charge in [0.1, 0.15) is 0 Å². The maximum atomic E-state index is 11.3. The molecule has 0 bridgehead atoms. The molecule has 0 heterocycles. The van der Waals surface area contributed by atoms with E-state index in [1.54, 1.807) is 0 Å². The molecule has 0 spiro atoms. The van der Waals surface area contributed by atoms with Gasteiger partial charge in [-0.3, -0.25) is 0 Å². The first-order valence-corrected chi connectivity index (χ1v) is 8.86.